The third-order valence-corrected chi connectivity index (χ3v) is 4.18. The monoisotopic (exact) mass is 323 g/mol. The number of aliphatic hydroxyl groups excluding tert-OH is 1. The maximum Gasteiger partial charge on any atom is 0.172 e. The van der Waals surface area contributed by atoms with E-state index in [-0.39, 0.29) is 6.61 Å². The van der Waals surface area contributed by atoms with E-state index in [1.54, 1.807) is 12.3 Å². The fourth-order valence-corrected chi connectivity index (χ4v) is 2.93. The lowest BCUT2D eigenvalue weighted by molar-refractivity contribution is 0.271. The average molecular weight is 324 g/mol. The fraction of sp³-hybridized carbons (Fsp3) is 0.167. The third-order valence-electron chi connectivity index (χ3n) is 2.47. The summed E-state index contributed by atoms with van der Waals surface area (Å²) in [6, 6.07) is 7.63. The summed E-state index contributed by atoms with van der Waals surface area (Å²) in [5, 5.41) is 18.7. The van der Waals surface area contributed by atoms with E-state index < -0.39 is 0 Å². The van der Waals surface area contributed by atoms with Gasteiger partial charge in [0.15, 0.2) is 5.16 Å². The molecule has 0 spiro atoms. The van der Waals surface area contributed by atoms with Crippen molar-refractivity contribution in [3.8, 4) is 6.07 Å². The van der Waals surface area contributed by atoms with Crippen LogP contribution in [0.5, 0.6) is 0 Å². The largest absolute Gasteiger partial charge is 0.390 e. The highest BCUT2D eigenvalue weighted by Crippen LogP contribution is 2.30. The summed E-state index contributed by atoms with van der Waals surface area (Å²) in [4.78, 5) is 5.22. The van der Waals surface area contributed by atoms with E-state index in [1.165, 1.54) is 11.8 Å². The maximum atomic E-state index is 9.10. The molecule has 0 aliphatic carbocycles. The number of hydrogen-bond acceptors (Lipinski definition) is 4. The van der Waals surface area contributed by atoms with Crippen LogP contribution in [0.4, 0.5) is 0 Å². The van der Waals surface area contributed by atoms with Crippen molar-refractivity contribution in [3.05, 3.63) is 40.1 Å². The lowest BCUT2D eigenvalue weighted by Gasteiger charge is -2.04. The van der Waals surface area contributed by atoms with Crippen molar-refractivity contribution in [3.63, 3.8) is 0 Å². The molecular weight excluding hydrogens is 314 g/mol. The van der Waals surface area contributed by atoms with Crippen LogP contribution < -0.4 is 0 Å². The van der Waals surface area contributed by atoms with E-state index in [4.69, 9.17) is 10.4 Å². The number of nitrogens with zero attached hydrogens (tertiary/aromatic N) is 3. The first-order valence-electron chi connectivity index (χ1n) is 5.14. The van der Waals surface area contributed by atoms with E-state index in [0.717, 1.165) is 20.2 Å². The molecule has 0 aliphatic rings. The van der Waals surface area contributed by atoms with Crippen molar-refractivity contribution in [1.82, 2.24) is 9.55 Å². The Kier molecular flexibility index (Phi) is 4.07. The first kappa shape index (κ1) is 13.1. The molecule has 6 heteroatoms. The first-order valence-corrected chi connectivity index (χ1v) is 6.75. The van der Waals surface area contributed by atoms with Crippen molar-refractivity contribution in [1.29, 1.82) is 5.26 Å². The molecule has 92 valence electrons. The van der Waals surface area contributed by atoms with Crippen LogP contribution in [0.3, 0.4) is 0 Å². The van der Waals surface area contributed by atoms with Gasteiger partial charge in [0.1, 0.15) is 6.07 Å². The lowest BCUT2D eigenvalue weighted by Crippen LogP contribution is -1.97. The molecule has 4 nitrogen and oxygen atoms in total. The van der Waals surface area contributed by atoms with Crippen molar-refractivity contribution in [2.75, 3.05) is 0 Å². The maximum absolute atomic E-state index is 9.10. The summed E-state index contributed by atoms with van der Waals surface area (Å²) >= 11 is 4.84. The average Bonchev–Trinajstić information content (AvgIpc) is 2.71. The van der Waals surface area contributed by atoms with E-state index in [2.05, 4.69) is 27.0 Å². The van der Waals surface area contributed by atoms with E-state index in [9.17, 15) is 0 Å². The Labute approximate surface area is 117 Å². The van der Waals surface area contributed by atoms with Gasteiger partial charge in [-0.05, 0) is 34.1 Å². The SMILES string of the molecule is Cn1c(CO)cnc1Sc1ccc(C#N)c(Br)c1. The highest BCUT2D eigenvalue weighted by atomic mass is 79.9. The number of halogens is 1. The van der Waals surface area contributed by atoms with E-state index >= 15 is 0 Å². The van der Waals surface area contributed by atoms with Crippen LogP contribution in [0, 0.1) is 11.3 Å². The number of aliphatic hydroxyl groups is 1. The van der Waals surface area contributed by atoms with Gasteiger partial charge in [0.2, 0.25) is 0 Å². The van der Waals surface area contributed by atoms with Crippen molar-refractivity contribution in [2.45, 2.75) is 16.7 Å². The summed E-state index contributed by atoms with van der Waals surface area (Å²) in [5.41, 5.74) is 1.38. The molecule has 2 rings (SSSR count). The smallest absolute Gasteiger partial charge is 0.172 e. The van der Waals surface area contributed by atoms with Gasteiger partial charge in [0.25, 0.3) is 0 Å². The second-order valence-corrected chi connectivity index (χ2v) is 5.50. The number of nitriles is 1. The molecule has 0 bridgehead atoms. The first-order chi connectivity index (χ1) is 8.65. The molecule has 2 aromatic rings. The molecular formula is C12H10BrN3OS. The van der Waals surface area contributed by atoms with E-state index in [1.807, 2.05) is 23.7 Å². The van der Waals surface area contributed by atoms with Gasteiger partial charge in [0.05, 0.1) is 24.1 Å². The Balaban J connectivity index is 2.26. The summed E-state index contributed by atoms with van der Waals surface area (Å²) in [6.45, 7) is -0.0267. The highest BCUT2D eigenvalue weighted by molar-refractivity contribution is 9.10. The van der Waals surface area contributed by atoms with Crippen LogP contribution in [-0.2, 0) is 13.7 Å². The van der Waals surface area contributed by atoms with E-state index in [0.29, 0.717) is 5.56 Å². The molecule has 1 aromatic heterocycles. The number of benzene rings is 1. The quantitative estimate of drug-likeness (QED) is 0.943. The van der Waals surface area contributed by atoms with Crippen LogP contribution in [0.2, 0.25) is 0 Å². The Morgan fingerprint density at radius 3 is 2.89 bits per heavy atom. The molecule has 18 heavy (non-hydrogen) atoms. The van der Waals surface area contributed by atoms with Crippen LogP contribution >= 0.6 is 27.7 Å². The molecule has 0 saturated carbocycles. The minimum absolute atomic E-state index is 0.0267. The zero-order valence-corrected chi connectivity index (χ0v) is 12.0. The summed E-state index contributed by atoms with van der Waals surface area (Å²) in [6.07, 6.45) is 1.65. The minimum atomic E-state index is -0.0267. The Hall–Kier alpha value is -1.29. The van der Waals surface area contributed by atoms with Gasteiger partial charge in [-0.3, -0.25) is 0 Å². The van der Waals surface area contributed by atoms with Crippen LogP contribution in [0.1, 0.15) is 11.3 Å². The third kappa shape index (κ3) is 2.58. The summed E-state index contributed by atoms with van der Waals surface area (Å²) < 4.78 is 2.61. The summed E-state index contributed by atoms with van der Waals surface area (Å²) in [7, 11) is 1.86. The molecule has 0 atom stereocenters. The van der Waals surface area contributed by atoms with Crippen LogP contribution in [0.15, 0.2) is 38.9 Å². The second-order valence-electron chi connectivity index (χ2n) is 3.60. The van der Waals surface area contributed by atoms with Gasteiger partial charge in [-0.25, -0.2) is 4.98 Å². The topological polar surface area (TPSA) is 61.8 Å². The molecule has 0 radical (unpaired) electrons. The molecule has 0 aliphatic heterocycles. The molecule has 0 fully saturated rings. The van der Waals surface area contributed by atoms with Gasteiger partial charge in [0, 0.05) is 16.4 Å². The standard InChI is InChI=1S/C12H10BrN3OS/c1-16-9(7-17)6-15-12(16)18-10-3-2-8(5-14)11(13)4-10/h2-4,6,17H,7H2,1H3. The fourth-order valence-electron chi connectivity index (χ4n) is 1.42. The molecule has 1 heterocycles. The van der Waals surface area contributed by atoms with Gasteiger partial charge in [-0.2, -0.15) is 5.26 Å². The lowest BCUT2D eigenvalue weighted by atomic mass is 10.2. The van der Waals surface area contributed by atoms with Crippen molar-refractivity contribution >= 4 is 27.7 Å². The predicted molar refractivity (Wildman–Crippen MR) is 72.1 cm³/mol. The number of hydrogen-bond donors (Lipinski definition) is 1. The van der Waals surface area contributed by atoms with Crippen LogP contribution in [0.25, 0.3) is 0 Å². The number of imidazole rings is 1. The van der Waals surface area contributed by atoms with Gasteiger partial charge in [-0.15, -0.1) is 0 Å². The molecule has 1 aromatic carbocycles. The Morgan fingerprint density at radius 1 is 1.56 bits per heavy atom. The Morgan fingerprint density at radius 2 is 2.33 bits per heavy atom. The van der Waals surface area contributed by atoms with Crippen LogP contribution in [-0.4, -0.2) is 14.7 Å². The van der Waals surface area contributed by atoms with Gasteiger partial charge >= 0.3 is 0 Å². The molecule has 0 unspecified atom stereocenters. The predicted octanol–water partition coefficient (Wildman–Crippen LogP) is 2.70. The number of aromatic nitrogens is 2. The normalized spacial score (nSPS) is 10.3. The molecule has 1 N–H and O–H groups in total. The minimum Gasteiger partial charge on any atom is -0.390 e. The zero-order valence-electron chi connectivity index (χ0n) is 9.59. The second kappa shape index (κ2) is 5.57. The van der Waals surface area contributed by atoms with Gasteiger partial charge in [-0.1, -0.05) is 11.8 Å². The van der Waals surface area contributed by atoms with Crippen molar-refractivity contribution < 1.29 is 5.11 Å². The number of rotatable bonds is 3. The Bertz CT molecular complexity index is 618. The van der Waals surface area contributed by atoms with Crippen molar-refractivity contribution in [2.24, 2.45) is 7.05 Å². The van der Waals surface area contributed by atoms with Gasteiger partial charge < -0.3 is 9.67 Å². The zero-order chi connectivity index (χ0) is 13.1. The molecule has 0 saturated heterocycles. The summed E-state index contributed by atoms with van der Waals surface area (Å²) in [5.74, 6) is 0. The highest BCUT2D eigenvalue weighted by Gasteiger charge is 2.08. The molecule has 0 amide bonds.